The lowest BCUT2D eigenvalue weighted by Gasteiger charge is -2.53. The molecule has 0 aliphatic heterocycles. The van der Waals surface area contributed by atoms with Crippen molar-refractivity contribution in [3.63, 3.8) is 0 Å². The van der Waals surface area contributed by atoms with Gasteiger partial charge in [-0.3, -0.25) is 9.59 Å². The highest BCUT2D eigenvalue weighted by atomic mass is 16.3. The summed E-state index contributed by atoms with van der Waals surface area (Å²) in [4.78, 5) is 24.4. The molecule has 4 bridgehead atoms. The number of furan rings is 1. The van der Waals surface area contributed by atoms with Gasteiger partial charge in [0.15, 0.2) is 0 Å². The third kappa shape index (κ3) is 3.01. The van der Waals surface area contributed by atoms with Crippen molar-refractivity contribution in [2.45, 2.75) is 38.6 Å². The zero-order chi connectivity index (χ0) is 15.8. The smallest absolute Gasteiger partial charge is 0.239 e. The second-order valence-electron chi connectivity index (χ2n) is 7.53. The topological polar surface area (TPSA) is 71.3 Å². The van der Waals surface area contributed by atoms with E-state index >= 15 is 0 Å². The molecule has 2 amide bonds. The van der Waals surface area contributed by atoms with Crippen molar-refractivity contribution in [3.8, 4) is 0 Å². The fourth-order valence-corrected chi connectivity index (χ4v) is 5.30. The van der Waals surface area contributed by atoms with Crippen molar-refractivity contribution < 1.29 is 14.0 Å². The fraction of sp³-hybridized carbons (Fsp3) is 0.667. The van der Waals surface area contributed by atoms with Gasteiger partial charge < -0.3 is 15.1 Å². The van der Waals surface area contributed by atoms with Gasteiger partial charge in [-0.25, -0.2) is 0 Å². The summed E-state index contributed by atoms with van der Waals surface area (Å²) in [6, 6.07) is 3.60. The van der Waals surface area contributed by atoms with Crippen molar-refractivity contribution >= 4 is 11.8 Å². The Labute approximate surface area is 136 Å². The zero-order valence-corrected chi connectivity index (χ0v) is 13.3. The number of nitrogens with one attached hydrogen (secondary N) is 2. The Hall–Kier alpha value is -1.78. The molecule has 5 rings (SSSR count). The van der Waals surface area contributed by atoms with E-state index in [1.807, 2.05) is 6.07 Å². The van der Waals surface area contributed by atoms with Crippen LogP contribution >= 0.6 is 0 Å². The SMILES string of the molecule is O=C(CNC(=O)C1C2CC3CC(C2)CC1C3)NCc1ccco1. The number of amides is 2. The van der Waals surface area contributed by atoms with E-state index in [1.54, 1.807) is 12.3 Å². The average molecular weight is 316 g/mol. The fourth-order valence-electron chi connectivity index (χ4n) is 5.30. The molecular formula is C18H24N2O3. The van der Waals surface area contributed by atoms with Gasteiger partial charge in [0.25, 0.3) is 0 Å². The molecule has 4 aliphatic carbocycles. The van der Waals surface area contributed by atoms with Gasteiger partial charge in [-0.05, 0) is 67.9 Å². The molecule has 2 N–H and O–H groups in total. The Bertz CT molecular complexity index is 553. The van der Waals surface area contributed by atoms with E-state index in [0.29, 0.717) is 24.1 Å². The van der Waals surface area contributed by atoms with E-state index in [2.05, 4.69) is 10.6 Å². The molecule has 1 heterocycles. The number of hydrogen-bond acceptors (Lipinski definition) is 3. The molecule has 1 aromatic heterocycles. The summed E-state index contributed by atoms with van der Waals surface area (Å²) in [5.41, 5.74) is 0. The van der Waals surface area contributed by atoms with Crippen LogP contribution in [0.15, 0.2) is 22.8 Å². The Morgan fingerprint density at radius 1 is 1.04 bits per heavy atom. The zero-order valence-electron chi connectivity index (χ0n) is 13.3. The predicted molar refractivity (Wildman–Crippen MR) is 84.1 cm³/mol. The highest BCUT2D eigenvalue weighted by Gasteiger charge is 2.50. The summed E-state index contributed by atoms with van der Waals surface area (Å²) >= 11 is 0. The van der Waals surface area contributed by atoms with Crippen LogP contribution in [0.4, 0.5) is 0 Å². The third-order valence-corrected chi connectivity index (χ3v) is 5.99. The van der Waals surface area contributed by atoms with Crippen molar-refractivity contribution in [1.82, 2.24) is 10.6 Å². The standard InChI is InChI=1S/C18H24N2O3/c21-16(19-9-15-2-1-3-23-15)10-20-18(22)17-13-5-11-4-12(7-13)8-14(17)6-11/h1-3,11-14,17H,4-10H2,(H,19,21)(H,20,22). The Morgan fingerprint density at radius 2 is 1.74 bits per heavy atom. The van der Waals surface area contributed by atoms with Gasteiger partial charge in [-0.2, -0.15) is 0 Å². The second kappa shape index (κ2) is 6.02. The Balaban J connectivity index is 1.26. The van der Waals surface area contributed by atoms with Crippen LogP contribution in [0.25, 0.3) is 0 Å². The van der Waals surface area contributed by atoms with E-state index < -0.39 is 0 Å². The van der Waals surface area contributed by atoms with Crippen molar-refractivity contribution in [2.75, 3.05) is 6.54 Å². The van der Waals surface area contributed by atoms with Gasteiger partial charge in [0.05, 0.1) is 19.4 Å². The predicted octanol–water partition coefficient (Wildman–Crippen LogP) is 2.08. The number of carbonyl (C=O) groups excluding carboxylic acids is 2. The maximum absolute atomic E-state index is 12.6. The quantitative estimate of drug-likeness (QED) is 0.874. The first kappa shape index (κ1) is 14.8. The molecule has 0 radical (unpaired) electrons. The number of hydrogen-bond donors (Lipinski definition) is 2. The second-order valence-corrected chi connectivity index (χ2v) is 7.53. The van der Waals surface area contributed by atoms with Gasteiger partial charge in [-0.1, -0.05) is 0 Å². The van der Waals surface area contributed by atoms with Gasteiger partial charge in [0.1, 0.15) is 5.76 Å². The third-order valence-electron chi connectivity index (χ3n) is 5.99. The molecule has 23 heavy (non-hydrogen) atoms. The minimum atomic E-state index is -0.168. The van der Waals surface area contributed by atoms with Gasteiger partial charge >= 0.3 is 0 Å². The van der Waals surface area contributed by atoms with E-state index in [9.17, 15) is 9.59 Å². The molecule has 4 fully saturated rings. The summed E-state index contributed by atoms with van der Waals surface area (Å²) in [7, 11) is 0. The first-order valence-electron chi connectivity index (χ1n) is 8.76. The first-order valence-corrected chi connectivity index (χ1v) is 8.76. The minimum absolute atomic E-state index is 0.0579. The van der Waals surface area contributed by atoms with Crippen LogP contribution in [0.2, 0.25) is 0 Å². The van der Waals surface area contributed by atoms with Crippen LogP contribution in [0.1, 0.15) is 37.9 Å². The van der Waals surface area contributed by atoms with Crippen molar-refractivity contribution in [2.24, 2.45) is 29.6 Å². The van der Waals surface area contributed by atoms with Gasteiger partial charge in [0.2, 0.25) is 11.8 Å². The normalized spacial score (nSPS) is 34.3. The number of carbonyl (C=O) groups is 2. The molecule has 0 aromatic carbocycles. The summed E-state index contributed by atoms with van der Waals surface area (Å²) in [6.45, 7) is 0.419. The van der Waals surface area contributed by atoms with E-state index in [1.165, 1.54) is 32.1 Å². The average Bonchev–Trinajstić information content (AvgIpc) is 3.03. The van der Waals surface area contributed by atoms with Crippen LogP contribution in [-0.4, -0.2) is 18.4 Å². The van der Waals surface area contributed by atoms with E-state index in [4.69, 9.17) is 4.42 Å². The molecule has 4 saturated carbocycles. The van der Waals surface area contributed by atoms with Crippen LogP contribution < -0.4 is 10.6 Å². The van der Waals surface area contributed by atoms with Crippen LogP contribution in [0, 0.1) is 29.6 Å². The first-order chi connectivity index (χ1) is 11.2. The summed E-state index contributed by atoms with van der Waals surface area (Å²) in [5, 5.41) is 5.62. The molecule has 0 atom stereocenters. The summed E-state index contributed by atoms with van der Waals surface area (Å²) in [6.07, 6.45) is 7.84. The molecule has 124 valence electrons. The molecule has 0 unspecified atom stereocenters. The summed E-state index contributed by atoms with van der Waals surface area (Å²) < 4.78 is 5.17. The molecule has 4 aliphatic rings. The largest absolute Gasteiger partial charge is 0.467 e. The molecule has 5 nitrogen and oxygen atoms in total. The van der Waals surface area contributed by atoms with Crippen molar-refractivity contribution in [1.29, 1.82) is 0 Å². The van der Waals surface area contributed by atoms with E-state index in [-0.39, 0.29) is 24.3 Å². The molecule has 0 saturated heterocycles. The monoisotopic (exact) mass is 316 g/mol. The lowest BCUT2D eigenvalue weighted by Crippen LogP contribution is -2.52. The number of rotatable bonds is 5. The van der Waals surface area contributed by atoms with Gasteiger partial charge in [-0.15, -0.1) is 0 Å². The Morgan fingerprint density at radius 3 is 2.35 bits per heavy atom. The molecule has 5 heteroatoms. The molecule has 1 aromatic rings. The van der Waals surface area contributed by atoms with E-state index in [0.717, 1.165) is 11.8 Å². The summed E-state index contributed by atoms with van der Waals surface area (Å²) in [5.74, 6) is 3.60. The van der Waals surface area contributed by atoms with Crippen molar-refractivity contribution in [3.05, 3.63) is 24.2 Å². The van der Waals surface area contributed by atoms with Gasteiger partial charge in [0, 0.05) is 5.92 Å². The van der Waals surface area contributed by atoms with Crippen LogP contribution in [-0.2, 0) is 16.1 Å². The van der Waals surface area contributed by atoms with Crippen LogP contribution in [0.3, 0.4) is 0 Å². The lowest BCUT2D eigenvalue weighted by atomic mass is 9.51. The maximum Gasteiger partial charge on any atom is 0.239 e. The molecule has 0 spiro atoms. The highest BCUT2D eigenvalue weighted by Crippen LogP contribution is 2.56. The van der Waals surface area contributed by atoms with Crippen LogP contribution in [0.5, 0.6) is 0 Å². The maximum atomic E-state index is 12.6. The lowest BCUT2D eigenvalue weighted by molar-refractivity contribution is -0.139. The minimum Gasteiger partial charge on any atom is -0.467 e. The highest BCUT2D eigenvalue weighted by molar-refractivity contribution is 5.86. The Kier molecular flexibility index (Phi) is 3.87. The molecular weight excluding hydrogens is 292 g/mol.